The van der Waals surface area contributed by atoms with Crippen LogP contribution < -0.4 is 11.3 Å². The molecule has 1 saturated carbocycles. The summed E-state index contributed by atoms with van der Waals surface area (Å²) in [6.45, 7) is 0. The van der Waals surface area contributed by atoms with Crippen molar-refractivity contribution in [2.45, 2.75) is 63.3 Å². The van der Waals surface area contributed by atoms with Gasteiger partial charge in [-0.1, -0.05) is 56.4 Å². The molecule has 1 fully saturated rings. The van der Waals surface area contributed by atoms with Crippen molar-refractivity contribution in [3.8, 4) is 0 Å². The van der Waals surface area contributed by atoms with Crippen LogP contribution in [0.4, 0.5) is 0 Å². The average Bonchev–Trinajstić information content (AvgIpc) is 2.44. The maximum atomic E-state index is 5.79. The third-order valence-electron chi connectivity index (χ3n) is 5.11. The molecule has 0 aromatic heterocycles. The van der Waals surface area contributed by atoms with Crippen LogP contribution in [0.2, 0.25) is 0 Å². The van der Waals surface area contributed by atoms with Crippen molar-refractivity contribution in [1.29, 1.82) is 0 Å². The van der Waals surface area contributed by atoms with E-state index in [1.165, 1.54) is 51.4 Å². The van der Waals surface area contributed by atoms with Gasteiger partial charge in [0.15, 0.2) is 0 Å². The monoisotopic (exact) mass is 258 g/mol. The molecule has 1 aromatic carbocycles. The van der Waals surface area contributed by atoms with E-state index in [4.69, 9.17) is 5.84 Å². The molecule has 2 atom stereocenters. The van der Waals surface area contributed by atoms with Crippen LogP contribution in [0.3, 0.4) is 0 Å². The molecule has 2 aliphatic rings. The number of nitrogens with one attached hydrogen (secondary N) is 1. The van der Waals surface area contributed by atoms with E-state index >= 15 is 0 Å². The highest BCUT2D eigenvalue weighted by Gasteiger charge is 2.28. The Balaban J connectivity index is 1.53. The molecular weight excluding hydrogens is 232 g/mol. The summed E-state index contributed by atoms with van der Waals surface area (Å²) < 4.78 is 0. The predicted molar refractivity (Wildman–Crippen MR) is 79.8 cm³/mol. The molecule has 3 rings (SSSR count). The van der Waals surface area contributed by atoms with E-state index in [0.29, 0.717) is 6.04 Å². The lowest BCUT2D eigenvalue weighted by Gasteiger charge is -2.34. The molecule has 0 radical (unpaired) electrons. The van der Waals surface area contributed by atoms with E-state index < -0.39 is 0 Å². The summed E-state index contributed by atoms with van der Waals surface area (Å²) in [5.41, 5.74) is 6.18. The van der Waals surface area contributed by atoms with Gasteiger partial charge in [-0.25, -0.2) is 0 Å². The highest BCUT2D eigenvalue weighted by Crippen LogP contribution is 2.39. The minimum atomic E-state index is 0.501. The molecule has 0 saturated heterocycles. The molecule has 104 valence electrons. The minimum absolute atomic E-state index is 0.501. The molecule has 0 bridgehead atoms. The van der Waals surface area contributed by atoms with Gasteiger partial charge in [0.2, 0.25) is 0 Å². The Morgan fingerprint density at radius 1 is 1.11 bits per heavy atom. The fourth-order valence-electron chi connectivity index (χ4n) is 3.97. The first-order valence-corrected chi connectivity index (χ1v) is 7.90. The maximum absolute atomic E-state index is 5.79. The van der Waals surface area contributed by atoms with Gasteiger partial charge in [-0.05, 0) is 42.2 Å². The number of nitrogens with two attached hydrogens (primary N) is 1. The minimum Gasteiger partial charge on any atom is -0.271 e. The van der Waals surface area contributed by atoms with Gasteiger partial charge < -0.3 is 0 Å². The number of benzene rings is 1. The molecule has 0 amide bonds. The van der Waals surface area contributed by atoms with Crippen LogP contribution in [0.5, 0.6) is 0 Å². The Hall–Kier alpha value is -0.860. The van der Waals surface area contributed by atoms with Crippen LogP contribution in [0.1, 0.15) is 62.0 Å². The van der Waals surface area contributed by atoms with E-state index in [-0.39, 0.29) is 0 Å². The lowest BCUT2D eigenvalue weighted by Crippen LogP contribution is -2.39. The molecule has 2 heteroatoms. The predicted octanol–water partition coefficient (Wildman–Crippen LogP) is 3.52. The Labute approximate surface area is 116 Å². The zero-order chi connectivity index (χ0) is 13.1. The van der Waals surface area contributed by atoms with Crippen LogP contribution in [-0.4, -0.2) is 6.04 Å². The zero-order valence-electron chi connectivity index (χ0n) is 11.8. The fourth-order valence-corrected chi connectivity index (χ4v) is 3.97. The summed E-state index contributed by atoms with van der Waals surface area (Å²) in [6, 6.07) is 9.36. The summed E-state index contributed by atoms with van der Waals surface area (Å²) in [5, 5.41) is 0. The molecule has 0 heterocycles. The van der Waals surface area contributed by atoms with Crippen molar-refractivity contribution >= 4 is 0 Å². The fraction of sp³-hybridized carbons (Fsp3) is 0.647. The first-order valence-electron chi connectivity index (χ1n) is 7.90. The van der Waals surface area contributed by atoms with Gasteiger partial charge in [0.1, 0.15) is 0 Å². The number of hydrogen-bond acceptors (Lipinski definition) is 2. The average molecular weight is 258 g/mol. The van der Waals surface area contributed by atoms with E-state index in [1.54, 1.807) is 11.1 Å². The van der Waals surface area contributed by atoms with Gasteiger partial charge >= 0.3 is 0 Å². The van der Waals surface area contributed by atoms with Crippen LogP contribution in [-0.2, 0) is 6.42 Å². The van der Waals surface area contributed by atoms with Gasteiger partial charge in [-0.3, -0.25) is 11.3 Å². The summed E-state index contributed by atoms with van der Waals surface area (Å²) in [6.07, 6.45) is 10.9. The third-order valence-corrected chi connectivity index (χ3v) is 5.11. The van der Waals surface area contributed by atoms with Crippen LogP contribution in [0, 0.1) is 5.92 Å². The van der Waals surface area contributed by atoms with E-state index in [0.717, 1.165) is 11.8 Å². The van der Waals surface area contributed by atoms with Crippen molar-refractivity contribution < 1.29 is 0 Å². The highest BCUT2D eigenvalue weighted by molar-refractivity contribution is 5.39. The second-order valence-corrected chi connectivity index (χ2v) is 6.44. The van der Waals surface area contributed by atoms with E-state index in [1.807, 2.05) is 0 Å². The molecule has 19 heavy (non-hydrogen) atoms. The lowest BCUT2D eigenvalue weighted by molar-refractivity contribution is 0.281. The van der Waals surface area contributed by atoms with Crippen molar-refractivity contribution in [2.24, 2.45) is 11.8 Å². The summed E-state index contributed by atoms with van der Waals surface area (Å²) >= 11 is 0. The van der Waals surface area contributed by atoms with E-state index in [2.05, 4.69) is 29.7 Å². The number of hydrogen-bond donors (Lipinski definition) is 2. The van der Waals surface area contributed by atoms with Gasteiger partial charge in [0.25, 0.3) is 0 Å². The number of hydrazine groups is 1. The SMILES string of the molecule is NNC(CC1CCCCC1)CC1Cc2ccccc21. The van der Waals surface area contributed by atoms with Gasteiger partial charge in [0.05, 0.1) is 0 Å². The normalized spacial score (nSPS) is 24.6. The van der Waals surface area contributed by atoms with Crippen molar-refractivity contribution in [3.05, 3.63) is 35.4 Å². The Kier molecular flexibility index (Phi) is 4.19. The van der Waals surface area contributed by atoms with Gasteiger partial charge in [-0.2, -0.15) is 0 Å². The second-order valence-electron chi connectivity index (χ2n) is 6.44. The second kappa shape index (κ2) is 6.06. The summed E-state index contributed by atoms with van der Waals surface area (Å²) in [7, 11) is 0. The van der Waals surface area contributed by atoms with Gasteiger partial charge in [0, 0.05) is 6.04 Å². The first-order chi connectivity index (χ1) is 9.36. The topological polar surface area (TPSA) is 38.0 Å². The molecular formula is C17H26N2. The quantitative estimate of drug-likeness (QED) is 0.626. The molecule has 3 N–H and O–H groups in total. The number of fused-ring (bicyclic) bond motifs is 1. The lowest BCUT2D eigenvalue weighted by atomic mass is 9.73. The first kappa shape index (κ1) is 13.1. The van der Waals surface area contributed by atoms with E-state index in [9.17, 15) is 0 Å². The van der Waals surface area contributed by atoms with Crippen LogP contribution >= 0.6 is 0 Å². The Morgan fingerprint density at radius 2 is 1.89 bits per heavy atom. The highest BCUT2D eigenvalue weighted by atomic mass is 15.2. The number of rotatable bonds is 5. The van der Waals surface area contributed by atoms with Crippen LogP contribution in [0.25, 0.3) is 0 Å². The van der Waals surface area contributed by atoms with Gasteiger partial charge in [-0.15, -0.1) is 0 Å². The third kappa shape index (κ3) is 3.01. The van der Waals surface area contributed by atoms with Crippen molar-refractivity contribution in [3.63, 3.8) is 0 Å². The largest absolute Gasteiger partial charge is 0.271 e. The van der Waals surface area contributed by atoms with Crippen molar-refractivity contribution in [2.75, 3.05) is 0 Å². The van der Waals surface area contributed by atoms with Crippen molar-refractivity contribution in [1.82, 2.24) is 5.43 Å². The molecule has 2 unspecified atom stereocenters. The summed E-state index contributed by atoms with van der Waals surface area (Å²) in [4.78, 5) is 0. The summed E-state index contributed by atoms with van der Waals surface area (Å²) in [5.74, 6) is 7.43. The Morgan fingerprint density at radius 3 is 2.63 bits per heavy atom. The molecule has 0 aliphatic heterocycles. The standard InChI is InChI=1S/C17H26N2/c18-19-16(10-13-6-2-1-3-7-13)12-15-11-14-8-4-5-9-17(14)15/h4-5,8-9,13,15-16,19H,1-3,6-7,10-12,18H2. The molecule has 0 spiro atoms. The molecule has 2 aliphatic carbocycles. The zero-order valence-corrected chi connectivity index (χ0v) is 11.8. The molecule has 1 aromatic rings. The Bertz CT molecular complexity index is 409. The maximum Gasteiger partial charge on any atom is 0.0219 e. The molecule has 2 nitrogen and oxygen atoms in total. The smallest absolute Gasteiger partial charge is 0.0219 e. The van der Waals surface area contributed by atoms with Crippen LogP contribution in [0.15, 0.2) is 24.3 Å².